The molecular weight excluding hydrogens is 234 g/mol. The van der Waals surface area contributed by atoms with E-state index in [1.807, 2.05) is 0 Å². The largest absolute Gasteiger partial charge is 0.476 e. The number of carboxylic acid groups (broad SMARTS) is 1. The molecule has 8 heteroatoms. The number of carboxylic acids is 1. The summed E-state index contributed by atoms with van der Waals surface area (Å²) >= 11 is 0. The number of nitrogens with one attached hydrogen (secondary N) is 1. The molecular formula is C8H11N3O4S. The number of anilines is 1. The lowest BCUT2D eigenvalue weighted by atomic mass is 10.4. The van der Waals surface area contributed by atoms with Gasteiger partial charge in [-0.05, 0) is 12.8 Å². The predicted molar refractivity (Wildman–Crippen MR) is 55.7 cm³/mol. The Morgan fingerprint density at radius 1 is 1.62 bits per heavy atom. The van der Waals surface area contributed by atoms with Crippen LogP contribution in [-0.4, -0.2) is 34.5 Å². The monoisotopic (exact) mass is 245 g/mol. The summed E-state index contributed by atoms with van der Waals surface area (Å²) in [6, 6.07) is 0. The fourth-order valence-corrected chi connectivity index (χ4v) is 2.76. The number of carbonyl (C=O) groups is 1. The van der Waals surface area contributed by atoms with Gasteiger partial charge in [-0.1, -0.05) is 0 Å². The van der Waals surface area contributed by atoms with Gasteiger partial charge < -0.3 is 5.11 Å². The van der Waals surface area contributed by atoms with Gasteiger partial charge in [0.2, 0.25) is 10.0 Å². The van der Waals surface area contributed by atoms with Crippen LogP contribution in [0.4, 0.5) is 5.69 Å². The first-order valence-electron chi connectivity index (χ1n) is 4.69. The molecule has 2 rings (SSSR count). The summed E-state index contributed by atoms with van der Waals surface area (Å²) < 4.78 is 26.6. The minimum absolute atomic E-state index is 0.0156. The Hall–Kier alpha value is -1.57. The molecule has 1 aliphatic rings. The second-order valence-corrected chi connectivity index (χ2v) is 5.64. The van der Waals surface area contributed by atoms with Gasteiger partial charge in [0.1, 0.15) is 5.69 Å². The van der Waals surface area contributed by atoms with Crippen LogP contribution in [0.15, 0.2) is 6.20 Å². The molecule has 1 aromatic rings. The second kappa shape index (κ2) is 3.48. The van der Waals surface area contributed by atoms with E-state index >= 15 is 0 Å². The number of aryl methyl sites for hydroxylation is 1. The Labute approximate surface area is 92.1 Å². The average molecular weight is 245 g/mol. The molecule has 16 heavy (non-hydrogen) atoms. The maximum Gasteiger partial charge on any atom is 0.356 e. The highest BCUT2D eigenvalue weighted by Crippen LogP contribution is 2.30. The lowest BCUT2D eigenvalue weighted by Gasteiger charge is -2.05. The van der Waals surface area contributed by atoms with Crippen molar-refractivity contribution in [1.29, 1.82) is 0 Å². The summed E-state index contributed by atoms with van der Waals surface area (Å²) in [4.78, 5) is 10.9. The normalized spacial score (nSPS) is 16.1. The summed E-state index contributed by atoms with van der Waals surface area (Å²) in [5, 5.41) is 12.2. The Morgan fingerprint density at radius 3 is 2.75 bits per heavy atom. The Bertz CT molecular complexity index is 529. The molecule has 1 heterocycles. The van der Waals surface area contributed by atoms with Crippen molar-refractivity contribution in [2.24, 2.45) is 7.05 Å². The van der Waals surface area contributed by atoms with Crippen LogP contribution in [0.2, 0.25) is 0 Å². The van der Waals surface area contributed by atoms with Crippen LogP contribution in [0, 0.1) is 0 Å². The standard InChI is InChI=1S/C8H11N3O4S/c1-11-7(8(12)13)6(4-9-11)10-16(14,15)5-2-3-5/h4-5,10H,2-3H2,1H3,(H,12,13). The minimum atomic E-state index is -3.45. The smallest absolute Gasteiger partial charge is 0.356 e. The Kier molecular flexibility index (Phi) is 2.38. The van der Waals surface area contributed by atoms with Crippen molar-refractivity contribution in [1.82, 2.24) is 9.78 Å². The maximum atomic E-state index is 11.6. The first kappa shape index (κ1) is 10.9. The molecule has 0 saturated heterocycles. The van der Waals surface area contributed by atoms with Crippen molar-refractivity contribution in [3.05, 3.63) is 11.9 Å². The van der Waals surface area contributed by atoms with Gasteiger partial charge in [-0.15, -0.1) is 0 Å². The van der Waals surface area contributed by atoms with E-state index in [0.29, 0.717) is 12.8 Å². The molecule has 1 fully saturated rings. The summed E-state index contributed by atoms with van der Waals surface area (Å²) in [6.07, 6.45) is 2.44. The lowest BCUT2D eigenvalue weighted by Crippen LogP contribution is -2.19. The second-order valence-electron chi connectivity index (χ2n) is 3.68. The predicted octanol–water partition coefficient (Wildman–Crippen LogP) is 0.0224. The van der Waals surface area contributed by atoms with Crippen LogP contribution in [0.5, 0.6) is 0 Å². The van der Waals surface area contributed by atoms with Crippen molar-refractivity contribution in [3.63, 3.8) is 0 Å². The van der Waals surface area contributed by atoms with Crippen molar-refractivity contribution in [2.45, 2.75) is 18.1 Å². The van der Waals surface area contributed by atoms with Crippen molar-refractivity contribution >= 4 is 21.7 Å². The zero-order chi connectivity index (χ0) is 11.9. The maximum absolute atomic E-state index is 11.6. The molecule has 0 bridgehead atoms. The van der Waals surface area contributed by atoms with Crippen LogP contribution >= 0.6 is 0 Å². The summed E-state index contributed by atoms with van der Waals surface area (Å²) in [5.74, 6) is -1.21. The molecule has 0 aromatic carbocycles. The van der Waals surface area contributed by atoms with E-state index < -0.39 is 21.2 Å². The summed E-state index contributed by atoms with van der Waals surface area (Å²) in [6.45, 7) is 0. The molecule has 0 amide bonds. The van der Waals surface area contributed by atoms with Crippen LogP contribution < -0.4 is 4.72 Å². The molecule has 1 aliphatic carbocycles. The van der Waals surface area contributed by atoms with E-state index in [2.05, 4.69) is 9.82 Å². The number of sulfonamides is 1. The quantitative estimate of drug-likeness (QED) is 0.778. The van der Waals surface area contributed by atoms with Crippen LogP contribution in [-0.2, 0) is 17.1 Å². The van der Waals surface area contributed by atoms with Crippen molar-refractivity contribution < 1.29 is 18.3 Å². The van der Waals surface area contributed by atoms with Crippen molar-refractivity contribution in [3.8, 4) is 0 Å². The lowest BCUT2D eigenvalue weighted by molar-refractivity contribution is 0.0686. The minimum Gasteiger partial charge on any atom is -0.476 e. The average Bonchev–Trinajstić information content (AvgIpc) is 2.92. The third kappa shape index (κ3) is 1.87. The first-order valence-corrected chi connectivity index (χ1v) is 6.23. The van der Waals surface area contributed by atoms with Crippen molar-refractivity contribution in [2.75, 3.05) is 4.72 Å². The number of aromatic carboxylic acids is 1. The molecule has 0 unspecified atom stereocenters. The van der Waals surface area contributed by atoms with E-state index in [4.69, 9.17) is 5.11 Å². The molecule has 1 aromatic heterocycles. The highest BCUT2D eigenvalue weighted by molar-refractivity contribution is 7.93. The number of hydrogen-bond donors (Lipinski definition) is 2. The molecule has 0 atom stereocenters. The Morgan fingerprint density at radius 2 is 2.25 bits per heavy atom. The molecule has 0 radical (unpaired) electrons. The third-order valence-corrected chi connectivity index (χ3v) is 4.21. The molecule has 2 N–H and O–H groups in total. The van der Waals surface area contributed by atoms with Gasteiger partial charge >= 0.3 is 5.97 Å². The third-order valence-electron chi connectivity index (χ3n) is 2.36. The number of aromatic nitrogens is 2. The van der Waals surface area contributed by atoms with Gasteiger partial charge in [0.05, 0.1) is 11.4 Å². The first-order chi connectivity index (χ1) is 7.42. The van der Waals surface area contributed by atoms with Crippen LogP contribution in [0.25, 0.3) is 0 Å². The van der Waals surface area contributed by atoms with Gasteiger partial charge in [0.15, 0.2) is 5.69 Å². The van der Waals surface area contributed by atoms with E-state index in [-0.39, 0.29) is 11.4 Å². The number of hydrogen-bond acceptors (Lipinski definition) is 4. The summed E-state index contributed by atoms with van der Waals surface area (Å²) in [5.41, 5.74) is -0.147. The molecule has 0 aliphatic heterocycles. The molecule has 88 valence electrons. The van der Waals surface area contributed by atoms with Gasteiger partial charge in [0.25, 0.3) is 0 Å². The molecule has 1 saturated carbocycles. The number of rotatable bonds is 4. The zero-order valence-corrected chi connectivity index (χ0v) is 9.36. The fraction of sp³-hybridized carbons (Fsp3) is 0.500. The van der Waals surface area contributed by atoms with E-state index in [9.17, 15) is 13.2 Å². The van der Waals surface area contributed by atoms with Gasteiger partial charge in [-0.25, -0.2) is 13.2 Å². The fourth-order valence-electron chi connectivity index (χ4n) is 1.38. The van der Waals surface area contributed by atoms with Gasteiger partial charge in [-0.3, -0.25) is 9.40 Å². The molecule has 0 spiro atoms. The van der Waals surface area contributed by atoms with Crippen LogP contribution in [0.3, 0.4) is 0 Å². The van der Waals surface area contributed by atoms with E-state index in [1.165, 1.54) is 13.2 Å². The van der Waals surface area contributed by atoms with E-state index in [0.717, 1.165) is 4.68 Å². The molecule has 7 nitrogen and oxygen atoms in total. The number of nitrogens with zero attached hydrogens (tertiary/aromatic N) is 2. The van der Waals surface area contributed by atoms with Crippen LogP contribution in [0.1, 0.15) is 23.3 Å². The SMILES string of the molecule is Cn1ncc(NS(=O)(=O)C2CC2)c1C(=O)O. The van der Waals surface area contributed by atoms with Gasteiger partial charge in [-0.2, -0.15) is 5.10 Å². The van der Waals surface area contributed by atoms with E-state index in [1.54, 1.807) is 0 Å². The topological polar surface area (TPSA) is 101 Å². The highest BCUT2D eigenvalue weighted by atomic mass is 32.2. The highest BCUT2D eigenvalue weighted by Gasteiger charge is 2.36. The van der Waals surface area contributed by atoms with Gasteiger partial charge in [0, 0.05) is 7.05 Å². The zero-order valence-electron chi connectivity index (χ0n) is 8.54. The summed E-state index contributed by atoms with van der Waals surface area (Å²) in [7, 11) is -2.01. The Balaban J connectivity index is 2.31.